The third-order valence-electron chi connectivity index (χ3n) is 2.65. The highest BCUT2D eigenvalue weighted by Crippen LogP contribution is 2.24. The Labute approximate surface area is 92.5 Å². The second-order valence-corrected chi connectivity index (χ2v) is 4.65. The van der Waals surface area contributed by atoms with Gasteiger partial charge in [0.1, 0.15) is 0 Å². The first kappa shape index (κ1) is 10.1. The molecule has 3 heteroatoms. The maximum Gasteiger partial charge on any atom is 0.0570 e. The van der Waals surface area contributed by atoms with Crippen molar-refractivity contribution in [2.24, 2.45) is 0 Å². The van der Waals surface area contributed by atoms with Crippen LogP contribution in [0.5, 0.6) is 0 Å². The molecule has 1 saturated heterocycles. The van der Waals surface area contributed by atoms with E-state index < -0.39 is 0 Å². The molecular formula is C11H14BrNO. The molecule has 0 amide bonds. The second-order valence-electron chi connectivity index (χ2n) is 3.74. The monoisotopic (exact) mass is 255 g/mol. The molecule has 1 heterocycles. The number of hydrogen-bond acceptors (Lipinski definition) is 2. The lowest BCUT2D eigenvalue weighted by molar-refractivity contribution is 0.117. The largest absolute Gasteiger partial charge is 0.393 e. The van der Waals surface area contributed by atoms with E-state index >= 15 is 0 Å². The minimum absolute atomic E-state index is 0.148. The van der Waals surface area contributed by atoms with Gasteiger partial charge in [-0.25, -0.2) is 0 Å². The van der Waals surface area contributed by atoms with E-state index in [1.807, 2.05) is 12.1 Å². The van der Waals surface area contributed by atoms with Crippen LogP contribution >= 0.6 is 15.9 Å². The van der Waals surface area contributed by atoms with Crippen LogP contribution in [-0.2, 0) is 0 Å². The fraction of sp³-hybridized carbons (Fsp3) is 0.455. The topological polar surface area (TPSA) is 32.3 Å². The van der Waals surface area contributed by atoms with Crippen LogP contribution in [0.15, 0.2) is 28.7 Å². The number of rotatable bonds is 1. The normalized spacial score (nSPS) is 27.6. The number of benzene rings is 1. The summed E-state index contributed by atoms with van der Waals surface area (Å²) in [6.07, 6.45) is 1.54. The molecule has 76 valence electrons. The summed E-state index contributed by atoms with van der Waals surface area (Å²) < 4.78 is 1.10. The molecule has 1 fully saturated rings. The van der Waals surface area contributed by atoms with E-state index in [0.717, 1.165) is 23.9 Å². The Morgan fingerprint density at radius 2 is 2.00 bits per heavy atom. The fourth-order valence-corrected chi connectivity index (χ4v) is 2.11. The standard InChI is InChI=1S/C11H14BrNO/c12-9-3-1-8(2-4-9)11-7-10(14)5-6-13-11/h1-4,10-11,13-14H,5-7H2/t10-,11-/m1/s1. The molecule has 0 radical (unpaired) electrons. The number of aliphatic hydroxyl groups is 1. The highest BCUT2D eigenvalue weighted by atomic mass is 79.9. The Hall–Kier alpha value is -0.380. The van der Waals surface area contributed by atoms with Crippen molar-refractivity contribution in [3.05, 3.63) is 34.3 Å². The first-order chi connectivity index (χ1) is 6.75. The van der Waals surface area contributed by atoms with Gasteiger partial charge >= 0.3 is 0 Å². The van der Waals surface area contributed by atoms with Crippen molar-refractivity contribution in [1.82, 2.24) is 5.32 Å². The summed E-state index contributed by atoms with van der Waals surface area (Å²) in [6.45, 7) is 0.905. The minimum atomic E-state index is -0.148. The predicted molar refractivity (Wildman–Crippen MR) is 60.1 cm³/mol. The van der Waals surface area contributed by atoms with Crippen molar-refractivity contribution >= 4 is 15.9 Å². The van der Waals surface area contributed by atoms with Crippen LogP contribution in [0, 0.1) is 0 Å². The molecule has 2 N–H and O–H groups in total. The van der Waals surface area contributed by atoms with Crippen LogP contribution in [0.2, 0.25) is 0 Å². The lowest BCUT2D eigenvalue weighted by Gasteiger charge is -2.27. The zero-order valence-corrected chi connectivity index (χ0v) is 9.50. The predicted octanol–water partition coefficient (Wildman–Crippen LogP) is 2.23. The maximum atomic E-state index is 9.55. The van der Waals surface area contributed by atoms with Gasteiger partial charge < -0.3 is 10.4 Å². The third-order valence-corrected chi connectivity index (χ3v) is 3.18. The van der Waals surface area contributed by atoms with Gasteiger partial charge in [0.05, 0.1) is 6.10 Å². The van der Waals surface area contributed by atoms with Crippen molar-refractivity contribution in [3.8, 4) is 0 Å². The van der Waals surface area contributed by atoms with E-state index in [9.17, 15) is 5.11 Å². The quantitative estimate of drug-likeness (QED) is 0.807. The Balaban J connectivity index is 2.10. The lowest BCUT2D eigenvalue weighted by atomic mass is 9.96. The maximum absolute atomic E-state index is 9.55. The molecule has 0 spiro atoms. The van der Waals surface area contributed by atoms with E-state index in [4.69, 9.17) is 0 Å². The minimum Gasteiger partial charge on any atom is -0.393 e. The van der Waals surface area contributed by atoms with Crippen LogP contribution in [0.1, 0.15) is 24.4 Å². The molecule has 0 unspecified atom stereocenters. The van der Waals surface area contributed by atoms with Gasteiger partial charge in [0, 0.05) is 10.5 Å². The van der Waals surface area contributed by atoms with Gasteiger partial charge in [0.25, 0.3) is 0 Å². The smallest absolute Gasteiger partial charge is 0.0570 e. The van der Waals surface area contributed by atoms with Crippen LogP contribution in [0.4, 0.5) is 0 Å². The van der Waals surface area contributed by atoms with Crippen molar-refractivity contribution in [2.75, 3.05) is 6.54 Å². The fourth-order valence-electron chi connectivity index (χ4n) is 1.85. The summed E-state index contributed by atoms with van der Waals surface area (Å²) in [4.78, 5) is 0. The highest BCUT2D eigenvalue weighted by Gasteiger charge is 2.20. The molecular weight excluding hydrogens is 242 g/mol. The van der Waals surface area contributed by atoms with E-state index in [1.54, 1.807) is 0 Å². The molecule has 2 atom stereocenters. The van der Waals surface area contributed by atoms with Crippen molar-refractivity contribution < 1.29 is 5.11 Å². The molecule has 0 aromatic heterocycles. The van der Waals surface area contributed by atoms with Crippen LogP contribution in [-0.4, -0.2) is 17.8 Å². The van der Waals surface area contributed by atoms with Crippen LogP contribution < -0.4 is 5.32 Å². The Morgan fingerprint density at radius 1 is 1.29 bits per heavy atom. The number of hydrogen-bond donors (Lipinski definition) is 2. The van der Waals surface area contributed by atoms with Gasteiger partial charge in [-0.15, -0.1) is 0 Å². The molecule has 0 bridgehead atoms. The van der Waals surface area contributed by atoms with Gasteiger partial charge in [-0.2, -0.15) is 0 Å². The van der Waals surface area contributed by atoms with E-state index in [0.29, 0.717) is 6.04 Å². The summed E-state index contributed by atoms with van der Waals surface area (Å²) in [5, 5.41) is 13.0. The molecule has 1 aliphatic rings. The van der Waals surface area contributed by atoms with Crippen molar-refractivity contribution in [3.63, 3.8) is 0 Å². The van der Waals surface area contributed by atoms with E-state index in [-0.39, 0.29) is 6.10 Å². The Morgan fingerprint density at radius 3 is 2.64 bits per heavy atom. The zero-order chi connectivity index (χ0) is 9.97. The molecule has 14 heavy (non-hydrogen) atoms. The SMILES string of the molecule is O[C@@H]1CCN[C@@H](c2ccc(Br)cc2)C1. The lowest BCUT2D eigenvalue weighted by Crippen LogP contribution is -2.34. The van der Waals surface area contributed by atoms with Gasteiger partial charge in [0.2, 0.25) is 0 Å². The molecule has 1 aromatic rings. The number of piperidine rings is 1. The number of aliphatic hydroxyl groups excluding tert-OH is 1. The zero-order valence-electron chi connectivity index (χ0n) is 7.91. The van der Waals surface area contributed by atoms with Gasteiger partial charge in [-0.05, 0) is 37.1 Å². The molecule has 1 aliphatic heterocycles. The van der Waals surface area contributed by atoms with Gasteiger partial charge in [-0.1, -0.05) is 28.1 Å². The van der Waals surface area contributed by atoms with Crippen LogP contribution in [0.3, 0.4) is 0 Å². The first-order valence-corrected chi connectivity index (χ1v) is 5.72. The summed E-state index contributed by atoms with van der Waals surface area (Å²) in [7, 11) is 0. The summed E-state index contributed by atoms with van der Waals surface area (Å²) in [6, 6.07) is 8.59. The average molecular weight is 256 g/mol. The van der Waals surface area contributed by atoms with Gasteiger partial charge in [-0.3, -0.25) is 0 Å². The van der Waals surface area contributed by atoms with E-state index in [1.165, 1.54) is 5.56 Å². The molecule has 1 aromatic carbocycles. The molecule has 0 saturated carbocycles. The molecule has 2 nitrogen and oxygen atoms in total. The molecule has 0 aliphatic carbocycles. The first-order valence-electron chi connectivity index (χ1n) is 4.92. The van der Waals surface area contributed by atoms with Crippen molar-refractivity contribution in [1.29, 1.82) is 0 Å². The summed E-state index contributed by atoms with van der Waals surface area (Å²) in [5.41, 5.74) is 1.26. The highest BCUT2D eigenvalue weighted by molar-refractivity contribution is 9.10. The van der Waals surface area contributed by atoms with Crippen molar-refractivity contribution in [2.45, 2.75) is 25.0 Å². The van der Waals surface area contributed by atoms with Gasteiger partial charge in [0.15, 0.2) is 0 Å². The third kappa shape index (κ3) is 2.35. The second kappa shape index (κ2) is 4.43. The summed E-state index contributed by atoms with van der Waals surface area (Å²) in [5.74, 6) is 0. The Kier molecular flexibility index (Phi) is 3.21. The average Bonchev–Trinajstić information content (AvgIpc) is 2.19. The number of halogens is 1. The van der Waals surface area contributed by atoms with Crippen LogP contribution in [0.25, 0.3) is 0 Å². The Bertz CT molecular complexity index is 299. The van der Waals surface area contributed by atoms with E-state index in [2.05, 4.69) is 33.4 Å². The summed E-state index contributed by atoms with van der Waals surface area (Å²) >= 11 is 3.41. The molecule has 2 rings (SSSR count). The number of nitrogens with one attached hydrogen (secondary N) is 1.